The minimum atomic E-state index is -0.647. The van der Waals surface area contributed by atoms with E-state index in [1.807, 2.05) is 6.07 Å². The predicted molar refractivity (Wildman–Crippen MR) is 88.3 cm³/mol. The molecule has 2 N–H and O–H groups in total. The van der Waals surface area contributed by atoms with Crippen molar-refractivity contribution in [2.75, 3.05) is 0 Å². The first-order valence-electron chi connectivity index (χ1n) is 7.20. The van der Waals surface area contributed by atoms with Crippen LogP contribution in [0.15, 0.2) is 47.6 Å². The Morgan fingerprint density at radius 3 is 2.57 bits per heavy atom. The molecule has 0 radical (unpaired) electrons. The average Bonchev–Trinajstić information content (AvgIpc) is 2.48. The highest BCUT2D eigenvalue weighted by molar-refractivity contribution is 5.95. The van der Waals surface area contributed by atoms with E-state index >= 15 is 0 Å². The lowest BCUT2D eigenvalue weighted by atomic mass is 9.86. The molecule has 0 aliphatic heterocycles. The largest absolute Gasteiger partial charge is 0.507 e. The Morgan fingerprint density at radius 2 is 1.91 bits per heavy atom. The zero-order chi connectivity index (χ0) is 17.0. The molecular weight excluding hydrogens is 295 g/mol. The van der Waals surface area contributed by atoms with Crippen molar-refractivity contribution in [3.05, 3.63) is 65.0 Å². The van der Waals surface area contributed by atoms with Gasteiger partial charge in [0.2, 0.25) is 0 Å². The summed E-state index contributed by atoms with van der Waals surface area (Å²) in [6.07, 6.45) is 1.34. The summed E-state index contributed by atoms with van der Waals surface area (Å²) in [6, 6.07) is 10.9. The van der Waals surface area contributed by atoms with Crippen molar-refractivity contribution >= 4 is 12.1 Å². The second kappa shape index (κ2) is 6.60. The van der Waals surface area contributed by atoms with Crippen LogP contribution >= 0.6 is 0 Å². The zero-order valence-electron chi connectivity index (χ0n) is 13.3. The van der Waals surface area contributed by atoms with Crippen molar-refractivity contribution in [1.29, 1.82) is 0 Å². The second-order valence-electron chi connectivity index (χ2n) is 6.20. The molecule has 0 fully saturated rings. The molecule has 2 aromatic rings. The summed E-state index contributed by atoms with van der Waals surface area (Å²) in [6.45, 7) is 6.17. The Kier molecular flexibility index (Phi) is 4.79. The van der Waals surface area contributed by atoms with Crippen LogP contribution in [0.5, 0.6) is 5.75 Å². The monoisotopic (exact) mass is 314 g/mol. The van der Waals surface area contributed by atoms with Crippen molar-refractivity contribution in [3.63, 3.8) is 0 Å². The molecule has 0 saturated heterocycles. The van der Waals surface area contributed by atoms with Crippen molar-refractivity contribution in [2.24, 2.45) is 5.10 Å². The van der Waals surface area contributed by atoms with Crippen LogP contribution in [0, 0.1) is 5.82 Å². The number of carbonyl (C=O) groups is 1. The molecule has 2 aromatic carbocycles. The van der Waals surface area contributed by atoms with Crippen molar-refractivity contribution in [2.45, 2.75) is 26.2 Å². The lowest BCUT2D eigenvalue weighted by molar-refractivity contribution is 0.0951. The molecule has 0 heterocycles. The van der Waals surface area contributed by atoms with Gasteiger partial charge in [-0.15, -0.1) is 0 Å². The Morgan fingerprint density at radius 1 is 1.22 bits per heavy atom. The molecule has 4 nitrogen and oxygen atoms in total. The van der Waals surface area contributed by atoms with Gasteiger partial charge in [0, 0.05) is 5.56 Å². The maximum absolute atomic E-state index is 13.5. The molecule has 1 amide bonds. The molecule has 0 aliphatic rings. The van der Waals surface area contributed by atoms with E-state index in [1.54, 1.807) is 18.2 Å². The summed E-state index contributed by atoms with van der Waals surface area (Å²) in [5.41, 5.74) is 3.59. The Hall–Kier alpha value is -2.69. The molecule has 23 heavy (non-hydrogen) atoms. The number of carbonyl (C=O) groups excluding carboxylic acids is 1. The first kappa shape index (κ1) is 16.7. The quantitative estimate of drug-likeness (QED) is 0.672. The minimum Gasteiger partial charge on any atom is -0.507 e. The number of rotatable bonds is 3. The fourth-order valence-electron chi connectivity index (χ4n) is 1.99. The van der Waals surface area contributed by atoms with Gasteiger partial charge in [-0.2, -0.15) is 5.10 Å². The van der Waals surface area contributed by atoms with Gasteiger partial charge in [-0.05, 0) is 35.2 Å². The van der Waals surface area contributed by atoms with Gasteiger partial charge in [-0.3, -0.25) is 4.79 Å². The van der Waals surface area contributed by atoms with Crippen LogP contribution in [0.2, 0.25) is 0 Å². The summed E-state index contributed by atoms with van der Waals surface area (Å²) < 4.78 is 13.5. The number of phenols is 1. The number of nitrogens with zero attached hydrogens (tertiary/aromatic N) is 1. The topological polar surface area (TPSA) is 61.7 Å². The maximum atomic E-state index is 13.5. The van der Waals surface area contributed by atoms with Gasteiger partial charge in [-0.25, -0.2) is 9.82 Å². The fraction of sp³-hybridized carbons (Fsp3) is 0.222. The Bertz CT molecular complexity index is 749. The van der Waals surface area contributed by atoms with E-state index in [0.717, 1.165) is 5.56 Å². The van der Waals surface area contributed by atoms with E-state index in [4.69, 9.17) is 0 Å². The van der Waals surface area contributed by atoms with Crippen LogP contribution in [-0.4, -0.2) is 17.2 Å². The normalized spacial score (nSPS) is 11.7. The standard InChI is InChI=1S/C18H19FN2O2/c1-18(2,3)13-8-9-16(22)12(10-13)11-20-21-17(23)14-6-4-5-7-15(14)19/h4-11,22H,1-3H3,(H,21,23). The molecule has 0 aromatic heterocycles. The van der Waals surface area contributed by atoms with E-state index in [2.05, 4.69) is 31.3 Å². The van der Waals surface area contributed by atoms with Crippen LogP contribution < -0.4 is 5.43 Å². The first-order valence-corrected chi connectivity index (χ1v) is 7.20. The first-order chi connectivity index (χ1) is 10.8. The smallest absolute Gasteiger partial charge is 0.274 e. The number of halogens is 1. The number of benzene rings is 2. The van der Waals surface area contributed by atoms with Gasteiger partial charge in [0.25, 0.3) is 5.91 Å². The molecule has 0 unspecified atom stereocenters. The number of phenolic OH excluding ortho intramolecular Hbond substituents is 1. The number of hydrogen-bond acceptors (Lipinski definition) is 3. The van der Waals surface area contributed by atoms with Crippen LogP contribution in [0.1, 0.15) is 42.3 Å². The molecule has 5 heteroatoms. The Balaban J connectivity index is 2.15. The molecule has 0 spiro atoms. The van der Waals surface area contributed by atoms with E-state index in [-0.39, 0.29) is 16.7 Å². The second-order valence-corrected chi connectivity index (χ2v) is 6.20. The van der Waals surface area contributed by atoms with Gasteiger partial charge in [-0.1, -0.05) is 39.0 Å². The van der Waals surface area contributed by atoms with E-state index in [9.17, 15) is 14.3 Å². The summed E-state index contributed by atoms with van der Waals surface area (Å²) in [4.78, 5) is 11.8. The maximum Gasteiger partial charge on any atom is 0.274 e. The van der Waals surface area contributed by atoms with Gasteiger partial charge >= 0.3 is 0 Å². The highest BCUT2D eigenvalue weighted by Gasteiger charge is 2.15. The van der Waals surface area contributed by atoms with Gasteiger partial charge in [0.1, 0.15) is 11.6 Å². The average molecular weight is 314 g/mol. The zero-order valence-corrected chi connectivity index (χ0v) is 13.3. The number of hydrogen-bond donors (Lipinski definition) is 2. The third-order valence-corrected chi connectivity index (χ3v) is 3.38. The summed E-state index contributed by atoms with van der Waals surface area (Å²) in [7, 11) is 0. The number of hydrazone groups is 1. The minimum absolute atomic E-state index is 0.0573. The third kappa shape index (κ3) is 4.16. The van der Waals surface area contributed by atoms with E-state index < -0.39 is 11.7 Å². The van der Waals surface area contributed by atoms with E-state index in [0.29, 0.717) is 5.56 Å². The Labute approximate surface area is 134 Å². The number of aromatic hydroxyl groups is 1. The fourth-order valence-corrected chi connectivity index (χ4v) is 1.99. The molecule has 0 atom stereocenters. The molecule has 2 rings (SSSR count). The van der Waals surface area contributed by atoms with Crippen LogP contribution in [-0.2, 0) is 5.41 Å². The van der Waals surface area contributed by atoms with Crippen LogP contribution in [0.3, 0.4) is 0 Å². The predicted octanol–water partition coefficient (Wildman–Crippen LogP) is 3.59. The number of amides is 1. The van der Waals surface area contributed by atoms with Crippen molar-refractivity contribution in [1.82, 2.24) is 5.43 Å². The van der Waals surface area contributed by atoms with Gasteiger partial charge in [0.05, 0.1) is 11.8 Å². The van der Waals surface area contributed by atoms with Crippen LogP contribution in [0.4, 0.5) is 4.39 Å². The highest BCUT2D eigenvalue weighted by atomic mass is 19.1. The SMILES string of the molecule is CC(C)(C)c1ccc(O)c(C=NNC(=O)c2ccccc2F)c1. The van der Waals surface area contributed by atoms with Gasteiger partial charge in [0.15, 0.2) is 0 Å². The molecule has 120 valence electrons. The highest BCUT2D eigenvalue weighted by Crippen LogP contribution is 2.26. The van der Waals surface area contributed by atoms with Crippen LogP contribution in [0.25, 0.3) is 0 Å². The summed E-state index contributed by atoms with van der Waals surface area (Å²) in [5.74, 6) is -1.20. The third-order valence-electron chi connectivity index (χ3n) is 3.38. The molecule has 0 saturated carbocycles. The molecular formula is C18H19FN2O2. The van der Waals surface area contributed by atoms with Crippen molar-refractivity contribution in [3.8, 4) is 5.75 Å². The van der Waals surface area contributed by atoms with E-state index in [1.165, 1.54) is 24.4 Å². The lowest BCUT2D eigenvalue weighted by Crippen LogP contribution is -2.19. The van der Waals surface area contributed by atoms with Crippen molar-refractivity contribution < 1.29 is 14.3 Å². The molecule has 0 aliphatic carbocycles. The molecule has 0 bridgehead atoms. The van der Waals surface area contributed by atoms with Gasteiger partial charge < -0.3 is 5.11 Å². The summed E-state index contributed by atoms with van der Waals surface area (Å²) >= 11 is 0. The summed E-state index contributed by atoms with van der Waals surface area (Å²) in [5, 5.41) is 13.7. The number of nitrogens with one attached hydrogen (secondary N) is 1. The lowest BCUT2D eigenvalue weighted by Gasteiger charge is -2.19.